The lowest BCUT2D eigenvalue weighted by Crippen LogP contribution is -2.40. The number of carboxylic acids is 1. The lowest BCUT2D eigenvalue weighted by molar-refractivity contribution is -0.136. The number of carboxylic acid groups (broad SMARTS) is 1. The molecule has 0 saturated heterocycles. The smallest absolute Gasteiger partial charge is 0.307 e. The summed E-state index contributed by atoms with van der Waals surface area (Å²) >= 11 is 0. The summed E-state index contributed by atoms with van der Waals surface area (Å²) in [7, 11) is 2.07. The Morgan fingerprint density at radius 1 is 1.31 bits per heavy atom. The lowest BCUT2D eigenvalue weighted by Gasteiger charge is -2.32. The Labute approximate surface area is 190 Å². The molecular weight excluding hydrogens is 400 g/mol. The van der Waals surface area contributed by atoms with E-state index in [1.165, 1.54) is 0 Å². The summed E-state index contributed by atoms with van der Waals surface area (Å²) in [5.74, 6) is -0.469. The van der Waals surface area contributed by atoms with Crippen molar-refractivity contribution in [2.75, 3.05) is 13.6 Å². The quantitative estimate of drug-likeness (QED) is 0.591. The van der Waals surface area contributed by atoms with Crippen molar-refractivity contribution in [3.8, 4) is 6.07 Å². The molecule has 3 heterocycles. The third kappa shape index (κ3) is 5.05. The highest BCUT2D eigenvalue weighted by Gasteiger charge is 2.28. The summed E-state index contributed by atoms with van der Waals surface area (Å²) in [6, 6.07) is 5.81. The number of aromatic nitrogens is 1. The molecule has 0 amide bonds. The van der Waals surface area contributed by atoms with Crippen LogP contribution in [0.4, 0.5) is 0 Å². The first kappa shape index (κ1) is 23.2. The molecule has 6 nitrogen and oxygen atoms in total. The highest BCUT2D eigenvalue weighted by Crippen LogP contribution is 2.28. The van der Waals surface area contributed by atoms with E-state index in [4.69, 9.17) is 0 Å². The molecule has 0 radical (unpaired) electrons. The van der Waals surface area contributed by atoms with Crippen molar-refractivity contribution in [3.05, 3.63) is 77.4 Å². The molecule has 3 rings (SSSR count). The van der Waals surface area contributed by atoms with Gasteiger partial charge in [-0.1, -0.05) is 38.2 Å². The van der Waals surface area contributed by atoms with Gasteiger partial charge >= 0.3 is 5.97 Å². The fraction of sp³-hybridized carbons (Fsp3) is 0.385. The highest BCUT2D eigenvalue weighted by atomic mass is 16.4. The predicted molar refractivity (Wildman–Crippen MR) is 127 cm³/mol. The van der Waals surface area contributed by atoms with Gasteiger partial charge in [0, 0.05) is 49.8 Å². The number of aliphatic carboxylic acids is 1. The van der Waals surface area contributed by atoms with E-state index in [-0.39, 0.29) is 12.6 Å². The molecule has 0 saturated carbocycles. The molecule has 1 N–H and O–H groups in total. The number of nitriles is 1. The SMILES string of the molecule is CC/C=C\C=C/C(C)CN1C=CN(C)C1Cc1c(C)c(CC(=O)O)c2ccc(C#N)cn12. The van der Waals surface area contributed by atoms with Crippen LogP contribution in [0.25, 0.3) is 5.52 Å². The maximum atomic E-state index is 11.5. The molecule has 0 aromatic carbocycles. The van der Waals surface area contributed by atoms with Crippen LogP contribution in [0.2, 0.25) is 0 Å². The average molecular weight is 433 g/mol. The van der Waals surface area contributed by atoms with Crippen molar-refractivity contribution in [1.29, 1.82) is 5.26 Å². The number of rotatable bonds is 9. The van der Waals surface area contributed by atoms with Crippen LogP contribution in [0.5, 0.6) is 0 Å². The zero-order valence-corrected chi connectivity index (χ0v) is 19.3. The minimum Gasteiger partial charge on any atom is -0.481 e. The van der Waals surface area contributed by atoms with Crippen LogP contribution in [-0.2, 0) is 17.6 Å². The summed E-state index contributed by atoms with van der Waals surface area (Å²) in [6.45, 7) is 7.21. The molecule has 2 atom stereocenters. The molecule has 2 aromatic heterocycles. The molecule has 32 heavy (non-hydrogen) atoms. The number of fused-ring (bicyclic) bond motifs is 1. The number of likely N-dealkylation sites (N-methyl/N-ethyl adjacent to an activating group) is 1. The van der Waals surface area contributed by atoms with E-state index >= 15 is 0 Å². The minimum absolute atomic E-state index is 0.0309. The van der Waals surface area contributed by atoms with E-state index in [0.717, 1.165) is 41.7 Å². The number of hydrogen-bond donors (Lipinski definition) is 1. The Morgan fingerprint density at radius 2 is 2.09 bits per heavy atom. The maximum absolute atomic E-state index is 11.5. The molecule has 0 spiro atoms. The van der Waals surface area contributed by atoms with Crippen LogP contribution in [0, 0.1) is 24.2 Å². The number of nitrogens with zero attached hydrogens (tertiary/aromatic N) is 4. The van der Waals surface area contributed by atoms with Gasteiger partial charge in [0.15, 0.2) is 0 Å². The molecular formula is C26H32N4O2. The fourth-order valence-electron chi connectivity index (χ4n) is 4.31. The monoisotopic (exact) mass is 432 g/mol. The lowest BCUT2D eigenvalue weighted by atomic mass is 10.0. The predicted octanol–water partition coefficient (Wildman–Crippen LogP) is 4.49. The zero-order chi connectivity index (χ0) is 23.3. The van der Waals surface area contributed by atoms with E-state index in [1.807, 2.05) is 23.6 Å². The van der Waals surface area contributed by atoms with Crippen LogP contribution in [0.15, 0.2) is 55.0 Å². The maximum Gasteiger partial charge on any atom is 0.307 e. The molecule has 0 fully saturated rings. The van der Waals surface area contributed by atoms with E-state index in [0.29, 0.717) is 11.5 Å². The van der Waals surface area contributed by atoms with Gasteiger partial charge in [-0.25, -0.2) is 0 Å². The van der Waals surface area contributed by atoms with Crippen molar-refractivity contribution < 1.29 is 9.90 Å². The van der Waals surface area contributed by atoms with Crippen LogP contribution in [-0.4, -0.2) is 45.0 Å². The largest absolute Gasteiger partial charge is 0.481 e. The second kappa shape index (κ2) is 10.2. The molecule has 168 valence electrons. The number of hydrogen-bond acceptors (Lipinski definition) is 4. The normalized spacial score (nSPS) is 17.2. The Hall–Kier alpha value is -3.46. The van der Waals surface area contributed by atoms with Crippen molar-refractivity contribution >= 4 is 11.5 Å². The minimum atomic E-state index is -0.851. The third-order valence-electron chi connectivity index (χ3n) is 6.03. The second-order valence-electron chi connectivity index (χ2n) is 8.45. The molecule has 6 heteroatoms. The van der Waals surface area contributed by atoms with Gasteiger partial charge in [-0.15, -0.1) is 0 Å². The summed E-state index contributed by atoms with van der Waals surface area (Å²) in [5.41, 5.74) is 4.27. The van der Waals surface area contributed by atoms with Gasteiger partial charge in [0.25, 0.3) is 0 Å². The highest BCUT2D eigenvalue weighted by molar-refractivity contribution is 5.76. The topological polar surface area (TPSA) is 72.0 Å². The molecule has 1 aliphatic heterocycles. The molecule has 1 aliphatic rings. The van der Waals surface area contributed by atoms with Crippen molar-refractivity contribution in [2.24, 2.45) is 5.92 Å². The number of allylic oxidation sites excluding steroid dienone is 3. The van der Waals surface area contributed by atoms with Crippen LogP contribution < -0.4 is 0 Å². The first-order valence-corrected chi connectivity index (χ1v) is 11.1. The summed E-state index contributed by atoms with van der Waals surface area (Å²) in [5, 5.41) is 18.8. The van der Waals surface area contributed by atoms with Gasteiger partial charge in [0.2, 0.25) is 0 Å². The van der Waals surface area contributed by atoms with Crippen molar-refractivity contribution in [2.45, 2.75) is 46.2 Å². The van der Waals surface area contributed by atoms with Gasteiger partial charge in [-0.05, 0) is 42.5 Å². The van der Waals surface area contributed by atoms with E-state index in [2.05, 4.69) is 73.5 Å². The van der Waals surface area contributed by atoms with Crippen LogP contribution in [0.3, 0.4) is 0 Å². The average Bonchev–Trinajstić information content (AvgIpc) is 3.23. The van der Waals surface area contributed by atoms with Gasteiger partial charge in [-0.2, -0.15) is 5.26 Å². The summed E-state index contributed by atoms with van der Waals surface area (Å²) < 4.78 is 2.01. The number of pyridine rings is 1. The molecule has 0 bridgehead atoms. The first-order valence-electron chi connectivity index (χ1n) is 11.1. The zero-order valence-electron chi connectivity index (χ0n) is 19.3. The van der Waals surface area contributed by atoms with Crippen molar-refractivity contribution in [3.63, 3.8) is 0 Å². The van der Waals surface area contributed by atoms with Crippen molar-refractivity contribution in [1.82, 2.24) is 14.2 Å². The van der Waals surface area contributed by atoms with Gasteiger partial charge in [0.05, 0.1) is 12.0 Å². The summed E-state index contributed by atoms with van der Waals surface area (Å²) in [6.07, 6.45) is 16.4. The van der Waals surface area contributed by atoms with E-state index in [1.54, 1.807) is 6.07 Å². The Balaban J connectivity index is 1.90. The van der Waals surface area contributed by atoms with Gasteiger partial charge in [0.1, 0.15) is 12.2 Å². The van der Waals surface area contributed by atoms with E-state index in [9.17, 15) is 15.2 Å². The standard InChI is InChI=1S/C26H32N4O2/c1-5-6-7-8-9-19(2)17-29-13-12-28(4)25(29)15-24-20(3)22(14-26(31)32)23-11-10-21(16-27)18-30(23)24/h6-13,18-19,25H,5,14-15,17H2,1-4H3,(H,31,32)/b7-6-,9-8-. The molecule has 2 unspecified atom stereocenters. The third-order valence-corrected chi connectivity index (χ3v) is 6.03. The van der Waals surface area contributed by atoms with E-state index < -0.39 is 5.97 Å². The fourth-order valence-corrected chi connectivity index (χ4v) is 4.31. The van der Waals surface area contributed by atoms with Gasteiger partial charge < -0.3 is 19.3 Å². The Bertz CT molecular complexity index is 1100. The molecule has 0 aliphatic carbocycles. The Morgan fingerprint density at radius 3 is 2.78 bits per heavy atom. The molecule has 2 aromatic rings. The Kier molecular flexibility index (Phi) is 7.42. The number of carbonyl (C=O) groups is 1. The van der Waals surface area contributed by atoms with Crippen LogP contribution in [0.1, 0.15) is 42.7 Å². The van der Waals surface area contributed by atoms with Gasteiger partial charge in [-0.3, -0.25) is 4.79 Å². The summed E-state index contributed by atoms with van der Waals surface area (Å²) in [4.78, 5) is 16.0. The first-order chi connectivity index (χ1) is 15.3. The second-order valence-corrected chi connectivity index (χ2v) is 8.45. The van der Waals surface area contributed by atoms with Crippen LogP contribution >= 0.6 is 0 Å².